The van der Waals surface area contributed by atoms with Crippen molar-refractivity contribution in [2.45, 2.75) is 32.8 Å². The number of allylic oxidation sites excluding steroid dienone is 2. The summed E-state index contributed by atoms with van der Waals surface area (Å²) in [6, 6.07) is 4.79. The fraction of sp³-hybridized carbons (Fsp3) is 0.318. The highest BCUT2D eigenvalue weighted by atomic mass is 16.5. The van der Waals surface area contributed by atoms with Gasteiger partial charge in [-0.25, -0.2) is 4.79 Å². The van der Waals surface area contributed by atoms with Crippen molar-refractivity contribution in [2.24, 2.45) is 0 Å². The van der Waals surface area contributed by atoms with E-state index < -0.39 is 11.2 Å². The standard InChI is InChI=1S/C22H24O6/c1-14(6-5-11-22(2,3)24)9-12-27-21-19-16(10-13-26-19)18(25-4)15-7-8-17(23)28-20(15)21/h5,7-11,13,24H,6,12H2,1-4H3. The zero-order valence-corrected chi connectivity index (χ0v) is 16.4. The number of fused-ring (bicyclic) bond motifs is 2. The van der Waals surface area contributed by atoms with Gasteiger partial charge in [0.1, 0.15) is 12.4 Å². The van der Waals surface area contributed by atoms with Crippen LogP contribution in [-0.2, 0) is 0 Å². The van der Waals surface area contributed by atoms with Gasteiger partial charge >= 0.3 is 5.63 Å². The van der Waals surface area contributed by atoms with Crippen LogP contribution in [0.4, 0.5) is 0 Å². The Bertz CT molecular complexity index is 1090. The quantitative estimate of drug-likeness (QED) is 0.474. The summed E-state index contributed by atoms with van der Waals surface area (Å²) in [5, 5.41) is 11.1. The van der Waals surface area contributed by atoms with E-state index in [2.05, 4.69) is 0 Å². The molecule has 2 aromatic heterocycles. The van der Waals surface area contributed by atoms with Crippen LogP contribution in [0.1, 0.15) is 27.2 Å². The van der Waals surface area contributed by atoms with E-state index in [9.17, 15) is 9.90 Å². The number of benzene rings is 1. The van der Waals surface area contributed by atoms with Gasteiger partial charge in [-0.1, -0.05) is 17.7 Å². The third-order valence-electron chi connectivity index (χ3n) is 4.23. The maximum atomic E-state index is 11.8. The number of rotatable bonds is 7. The topological polar surface area (TPSA) is 82.0 Å². The summed E-state index contributed by atoms with van der Waals surface area (Å²) in [4.78, 5) is 11.8. The predicted octanol–water partition coefficient (Wildman–Crippen LogP) is 4.59. The third-order valence-corrected chi connectivity index (χ3v) is 4.23. The van der Waals surface area contributed by atoms with E-state index in [0.29, 0.717) is 34.5 Å². The number of methoxy groups -OCH3 is 1. The summed E-state index contributed by atoms with van der Waals surface area (Å²) >= 11 is 0. The van der Waals surface area contributed by atoms with E-state index in [1.165, 1.54) is 6.07 Å². The van der Waals surface area contributed by atoms with Crippen LogP contribution in [0, 0.1) is 0 Å². The molecule has 3 aromatic rings. The van der Waals surface area contributed by atoms with Gasteiger partial charge in [-0.05, 0) is 45.4 Å². The molecule has 0 spiro atoms. The van der Waals surface area contributed by atoms with Gasteiger partial charge in [0.15, 0.2) is 11.2 Å². The van der Waals surface area contributed by atoms with Crippen LogP contribution < -0.4 is 15.1 Å². The van der Waals surface area contributed by atoms with Gasteiger partial charge in [0, 0.05) is 6.07 Å². The molecule has 0 aliphatic rings. The van der Waals surface area contributed by atoms with Crippen molar-refractivity contribution < 1.29 is 23.4 Å². The first kappa shape index (κ1) is 19.8. The molecule has 0 saturated heterocycles. The largest absolute Gasteiger partial charge is 0.495 e. The Morgan fingerprint density at radius 2 is 1.93 bits per heavy atom. The lowest BCUT2D eigenvalue weighted by molar-refractivity contribution is 0.133. The summed E-state index contributed by atoms with van der Waals surface area (Å²) in [5.41, 5.74) is 0.525. The first-order chi connectivity index (χ1) is 13.3. The second-order valence-corrected chi connectivity index (χ2v) is 7.14. The first-order valence-corrected chi connectivity index (χ1v) is 8.99. The summed E-state index contributed by atoms with van der Waals surface area (Å²) in [6.45, 7) is 5.70. The Hall–Kier alpha value is -2.99. The van der Waals surface area contributed by atoms with E-state index >= 15 is 0 Å². The zero-order chi connectivity index (χ0) is 20.3. The van der Waals surface area contributed by atoms with E-state index in [1.54, 1.807) is 45.4 Å². The highest BCUT2D eigenvalue weighted by Gasteiger charge is 2.20. The van der Waals surface area contributed by atoms with Crippen LogP contribution in [0.2, 0.25) is 0 Å². The molecule has 6 nitrogen and oxygen atoms in total. The molecule has 0 fully saturated rings. The van der Waals surface area contributed by atoms with Gasteiger partial charge in [-0.3, -0.25) is 0 Å². The zero-order valence-electron chi connectivity index (χ0n) is 16.4. The highest BCUT2D eigenvalue weighted by Crippen LogP contribution is 2.42. The van der Waals surface area contributed by atoms with Crippen LogP contribution >= 0.6 is 0 Å². The Morgan fingerprint density at radius 3 is 2.64 bits per heavy atom. The van der Waals surface area contributed by atoms with Crippen LogP contribution in [-0.4, -0.2) is 24.4 Å². The number of hydrogen-bond acceptors (Lipinski definition) is 6. The van der Waals surface area contributed by atoms with Crippen molar-refractivity contribution in [3.05, 3.63) is 58.7 Å². The van der Waals surface area contributed by atoms with Crippen molar-refractivity contribution in [1.29, 1.82) is 0 Å². The van der Waals surface area contributed by atoms with Crippen molar-refractivity contribution >= 4 is 21.9 Å². The molecule has 0 aliphatic carbocycles. The molecule has 0 bridgehead atoms. The first-order valence-electron chi connectivity index (χ1n) is 8.99. The SMILES string of the molecule is COc1c2ccoc2c(OCC=C(C)CC=CC(C)(C)O)c2oc(=O)ccc12. The molecule has 0 saturated carbocycles. The van der Waals surface area contributed by atoms with Gasteiger partial charge in [0.2, 0.25) is 5.75 Å². The van der Waals surface area contributed by atoms with Gasteiger partial charge in [-0.15, -0.1) is 0 Å². The summed E-state index contributed by atoms with van der Waals surface area (Å²) in [5.74, 6) is 0.933. The molecule has 0 atom stereocenters. The number of hydrogen-bond donors (Lipinski definition) is 1. The normalized spacial score (nSPS) is 13.0. The number of ether oxygens (including phenoxy) is 2. The molecule has 0 unspecified atom stereocenters. The van der Waals surface area contributed by atoms with E-state index in [-0.39, 0.29) is 6.61 Å². The highest BCUT2D eigenvalue weighted by molar-refractivity contribution is 6.06. The maximum absolute atomic E-state index is 11.8. The minimum Gasteiger partial charge on any atom is -0.495 e. The Kier molecular flexibility index (Phi) is 5.61. The van der Waals surface area contributed by atoms with Crippen LogP contribution in [0.15, 0.2) is 61.9 Å². The van der Waals surface area contributed by atoms with Crippen molar-refractivity contribution in [3.63, 3.8) is 0 Å². The van der Waals surface area contributed by atoms with Crippen LogP contribution in [0.25, 0.3) is 21.9 Å². The molecule has 1 N–H and O–H groups in total. The van der Waals surface area contributed by atoms with Crippen molar-refractivity contribution in [1.82, 2.24) is 0 Å². The summed E-state index contributed by atoms with van der Waals surface area (Å²) < 4.78 is 22.4. The van der Waals surface area contributed by atoms with Crippen molar-refractivity contribution in [2.75, 3.05) is 13.7 Å². The Morgan fingerprint density at radius 1 is 1.18 bits per heavy atom. The average molecular weight is 384 g/mol. The fourth-order valence-corrected chi connectivity index (χ4v) is 2.91. The molecule has 0 amide bonds. The molecule has 1 aromatic carbocycles. The predicted molar refractivity (Wildman–Crippen MR) is 108 cm³/mol. The Balaban J connectivity index is 1.91. The molecule has 28 heavy (non-hydrogen) atoms. The second-order valence-electron chi connectivity index (χ2n) is 7.14. The van der Waals surface area contributed by atoms with Crippen LogP contribution in [0.5, 0.6) is 11.5 Å². The summed E-state index contributed by atoms with van der Waals surface area (Å²) in [6.07, 6.45) is 7.84. The van der Waals surface area contributed by atoms with Gasteiger partial charge < -0.3 is 23.4 Å². The number of aliphatic hydroxyl groups is 1. The minimum atomic E-state index is -0.832. The molecule has 0 aliphatic heterocycles. The molecule has 148 valence electrons. The lowest BCUT2D eigenvalue weighted by atomic mass is 10.1. The van der Waals surface area contributed by atoms with Crippen LogP contribution in [0.3, 0.4) is 0 Å². The molecule has 3 rings (SSSR count). The fourth-order valence-electron chi connectivity index (χ4n) is 2.91. The molecule has 2 heterocycles. The molecule has 0 radical (unpaired) electrons. The molecular formula is C22H24O6. The molecular weight excluding hydrogens is 360 g/mol. The smallest absolute Gasteiger partial charge is 0.336 e. The van der Waals surface area contributed by atoms with E-state index in [1.807, 2.05) is 19.1 Å². The molecule has 6 heteroatoms. The van der Waals surface area contributed by atoms with E-state index in [0.717, 1.165) is 11.0 Å². The average Bonchev–Trinajstić information content (AvgIpc) is 3.09. The lowest BCUT2D eigenvalue weighted by Gasteiger charge is -2.11. The second kappa shape index (κ2) is 7.94. The minimum absolute atomic E-state index is 0.276. The van der Waals surface area contributed by atoms with Gasteiger partial charge in [0.25, 0.3) is 0 Å². The maximum Gasteiger partial charge on any atom is 0.336 e. The lowest BCUT2D eigenvalue weighted by Crippen LogP contribution is -2.13. The third kappa shape index (κ3) is 4.28. The Labute approximate surface area is 162 Å². The van der Waals surface area contributed by atoms with Gasteiger partial charge in [0.05, 0.1) is 29.7 Å². The monoisotopic (exact) mass is 384 g/mol. The number of furan rings is 1. The van der Waals surface area contributed by atoms with Crippen molar-refractivity contribution in [3.8, 4) is 11.5 Å². The van der Waals surface area contributed by atoms with Gasteiger partial charge in [-0.2, -0.15) is 0 Å². The van der Waals surface area contributed by atoms with E-state index in [4.69, 9.17) is 18.3 Å². The summed E-state index contributed by atoms with van der Waals surface area (Å²) in [7, 11) is 1.56.